The van der Waals surface area contributed by atoms with Crippen LogP contribution in [0.3, 0.4) is 0 Å². The predicted octanol–water partition coefficient (Wildman–Crippen LogP) is 4.64. The Labute approximate surface area is 142 Å². The highest BCUT2D eigenvalue weighted by Crippen LogP contribution is 2.46. The molecule has 3 rings (SSSR count). The topological polar surface area (TPSA) is 58.6 Å². The first kappa shape index (κ1) is 16.4. The van der Waals surface area contributed by atoms with E-state index < -0.39 is 6.09 Å². The maximum Gasteiger partial charge on any atom is 0.405 e. The number of rotatable bonds is 4. The van der Waals surface area contributed by atoms with Gasteiger partial charge in [-0.15, -0.1) is 0 Å². The standard InChI is InChI=1S/C20H23NO3/c1-4-24-17-8-6-5-7-15(17)13-9-10-16-14(11-13)12-20(2,3)18(16)21-19(22)23/h5-11,18,21H,4,12H2,1-3H3,(H,22,23). The average Bonchev–Trinajstić information content (AvgIpc) is 2.77. The van der Waals surface area contributed by atoms with Crippen LogP contribution in [0.25, 0.3) is 11.1 Å². The van der Waals surface area contributed by atoms with Crippen molar-refractivity contribution in [3.05, 3.63) is 53.6 Å². The molecule has 1 amide bonds. The smallest absolute Gasteiger partial charge is 0.405 e. The Bertz CT molecular complexity index is 767. The molecule has 1 unspecified atom stereocenters. The fourth-order valence-corrected chi connectivity index (χ4v) is 3.60. The molecule has 0 aliphatic heterocycles. The van der Waals surface area contributed by atoms with E-state index in [-0.39, 0.29) is 11.5 Å². The van der Waals surface area contributed by atoms with E-state index in [4.69, 9.17) is 9.84 Å². The lowest BCUT2D eigenvalue weighted by Crippen LogP contribution is -2.34. The lowest BCUT2D eigenvalue weighted by Gasteiger charge is -2.27. The van der Waals surface area contributed by atoms with Gasteiger partial charge >= 0.3 is 6.09 Å². The average molecular weight is 325 g/mol. The Morgan fingerprint density at radius 1 is 1.29 bits per heavy atom. The summed E-state index contributed by atoms with van der Waals surface area (Å²) in [6.07, 6.45) is -0.135. The van der Waals surface area contributed by atoms with E-state index in [1.807, 2.05) is 31.2 Å². The van der Waals surface area contributed by atoms with Crippen molar-refractivity contribution in [2.24, 2.45) is 5.41 Å². The molecule has 0 bridgehead atoms. The van der Waals surface area contributed by atoms with Crippen molar-refractivity contribution in [3.63, 3.8) is 0 Å². The summed E-state index contributed by atoms with van der Waals surface area (Å²) < 4.78 is 5.74. The zero-order valence-electron chi connectivity index (χ0n) is 14.3. The Balaban J connectivity index is 2.01. The Kier molecular flexibility index (Phi) is 4.22. The van der Waals surface area contributed by atoms with Gasteiger partial charge in [-0.3, -0.25) is 0 Å². The van der Waals surface area contributed by atoms with Crippen molar-refractivity contribution in [2.45, 2.75) is 33.2 Å². The number of amides is 1. The molecule has 0 saturated carbocycles. The van der Waals surface area contributed by atoms with Gasteiger partial charge in [0.2, 0.25) is 0 Å². The molecule has 2 N–H and O–H groups in total. The van der Waals surface area contributed by atoms with Crippen LogP contribution >= 0.6 is 0 Å². The van der Waals surface area contributed by atoms with Gasteiger partial charge in [0.25, 0.3) is 0 Å². The summed E-state index contributed by atoms with van der Waals surface area (Å²) in [5.74, 6) is 0.873. The van der Waals surface area contributed by atoms with Crippen molar-refractivity contribution in [1.82, 2.24) is 5.32 Å². The third-order valence-electron chi connectivity index (χ3n) is 4.65. The third-order valence-corrected chi connectivity index (χ3v) is 4.65. The first-order chi connectivity index (χ1) is 11.4. The quantitative estimate of drug-likeness (QED) is 0.860. The van der Waals surface area contributed by atoms with E-state index in [1.54, 1.807) is 0 Å². The van der Waals surface area contributed by atoms with Crippen molar-refractivity contribution in [1.29, 1.82) is 0 Å². The summed E-state index contributed by atoms with van der Waals surface area (Å²) >= 11 is 0. The largest absolute Gasteiger partial charge is 0.493 e. The van der Waals surface area contributed by atoms with Crippen LogP contribution in [-0.4, -0.2) is 17.8 Å². The Morgan fingerprint density at radius 2 is 2.04 bits per heavy atom. The van der Waals surface area contributed by atoms with Gasteiger partial charge in [-0.1, -0.05) is 50.2 Å². The van der Waals surface area contributed by atoms with Gasteiger partial charge in [-0.05, 0) is 41.5 Å². The molecule has 0 heterocycles. The van der Waals surface area contributed by atoms with Gasteiger partial charge in [0.05, 0.1) is 12.6 Å². The predicted molar refractivity (Wildman–Crippen MR) is 94.4 cm³/mol. The summed E-state index contributed by atoms with van der Waals surface area (Å²) in [5.41, 5.74) is 4.29. The fraction of sp³-hybridized carbons (Fsp3) is 0.350. The number of hydrogen-bond acceptors (Lipinski definition) is 2. The summed E-state index contributed by atoms with van der Waals surface area (Å²) in [6, 6.07) is 14.1. The highest BCUT2D eigenvalue weighted by molar-refractivity contribution is 5.72. The molecule has 0 radical (unpaired) electrons. The lowest BCUT2D eigenvalue weighted by molar-refractivity contribution is 0.175. The van der Waals surface area contributed by atoms with Gasteiger partial charge in [-0.2, -0.15) is 0 Å². The number of hydrogen-bond donors (Lipinski definition) is 2. The minimum absolute atomic E-state index is 0.140. The fourth-order valence-electron chi connectivity index (χ4n) is 3.60. The van der Waals surface area contributed by atoms with Crippen LogP contribution in [-0.2, 0) is 6.42 Å². The Hall–Kier alpha value is -2.49. The summed E-state index contributed by atoms with van der Waals surface area (Å²) in [7, 11) is 0. The number of fused-ring (bicyclic) bond motifs is 1. The van der Waals surface area contributed by atoms with Crippen LogP contribution in [0.15, 0.2) is 42.5 Å². The SMILES string of the molecule is CCOc1ccccc1-c1ccc2c(c1)CC(C)(C)C2NC(=O)O. The molecule has 24 heavy (non-hydrogen) atoms. The number of carbonyl (C=O) groups is 1. The molecule has 0 spiro atoms. The molecule has 1 atom stereocenters. The van der Waals surface area contributed by atoms with Crippen molar-refractivity contribution >= 4 is 6.09 Å². The van der Waals surface area contributed by atoms with Crippen LogP contribution in [0, 0.1) is 5.41 Å². The van der Waals surface area contributed by atoms with Crippen LogP contribution in [0.1, 0.15) is 37.9 Å². The second kappa shape index (κ2) is 6.19. The number of benzene rings is 2. The summed E-state index contributed by atoms with van der Waals surface area (Å²) in [4.78, 5) is 11.1. The highest BCUT2D eigenvalue weighted by atomic mass is 16.5. The van der Waals surface area contributed by atoms with Gasteiger partial charge in [0.15, 0.2) is 0 Å². The van der Waals surface area contributed by atoms with E-state index in [0.717, 1.165) is 28.9 Å². The summed E-state index contributed by atoms with van der Waals surface area (Å²) in [6.45, 7) is 6.80. The van der Waals surface area contributed by atoms with Gasteiger partial charge in [0.1, 0.15) is 5.75 Å². The third kappa shape index (κ3) is 2.96. The van der Waals surface area contributed by atoms with Crippen molar-refractivity contribution in [2.75, 3.05) is 6.61 Å². The van der Waals surface area contributed by atoms with Crippen LogP contribution in [0.4, 0.5) is 4.79 Å². The molecule has 1 aliphatic carbocycles. The number of nitrogens with one attached hydrogen (secondary N) is 1. The normalized spacial score (nSPS) is 18.0. The van der Waals surface area contributed by atoms with Crippen LogP contribution in [0.5, 0.6) is 5.75 Å². The van der Waals surface area contributed by atoms with E-state index in [0.29, 0.717) is 6.61 Å². The zero-order chi connectivity index (χ0) is 17.3. The van der Waals surface area contributed by atoms with E-state index in [9.17, 15) is 4.79 Å². The van der Waals surface area contributed by atoms with E-state index >= 15 is 0 Å². The minimum atomic E-state index is -0.980. The van der Waals surface area contributed by atoms with Crippen LogP contribution < -0.4 is 10.1 Å². The molecule has 1 aliphatic rings. The molecule has 4 nitrogen and oxygen atoms in total. The molecule has 0 aromatic heterocycles. The molecule has 126 valence electrons. The monoisotopic (exact) mass is 325 g/mol. The van der Waals surface area contributed by atoms with Gasteiger partial charge < -0.3 is 15.2 Å². The van der Waals surface area contributed by atoms with E-state index in [2.05, 4.69) is 37.4 Å². The zero-order valence-corrected chi connectivity index (χ0v) is 14.3. The van der Waals surface area contributed by atoms with Gasteiger partial charge in [0, 0.05) is 5.56 Å². The maximum atomic E-state index is 11.1. The van der Waals surface area contributed by atoms with E-state index in [1.165, 1.54) is 5.56 Å². The van der Waals surface area contributed by atoms with Crippen molar-refractivity contribution in [3.8, 4) is 16.9 Å². The second-order valence-electron chi connectivity index (χ2n) is 6.89. The molecular formula is C20H23NO3. The molecule has 0 saturated heterocycles. The first-order valence-electron chi connectivity index (χ1n) is 8.27. The minimum Gasteiger partial charge on any atom is -0.493 e. The molecule has 0 fully saturated rings. The number of ether oxygens (including phenoxy) is 1. The molecular weight excluding hydrogens is 302 g/mol. The Morgan fingerprint density at radius 3 is 2.75 bits per heavy atom. The molecule has 2 aromatic rings. The lowest BCUT2D eigenvalue weighted by atomic mass is 9.85. The molecule has 4 heteroatoms. The molecule has 2 aromatic carbocycles. The first-order valence-corrected chi connectivity index (χ1v) is 8.27. The van der Waals surface area contributed by atoms with Crippen LogP contribution in [0.2, 0.25) is 0 Å². The second-order valence-corrected chi connectivity index (χ2v) is 6.89. The van der Waals surface area contributed by atoms with Crippen molar-refractivity contribution < 1.29 is 14.6 Å². The highest BCUT2D eigenvalue weighted by Gasteiger charge is 2.40. The summed E-state index contributed by atoms with van der Waals surface area (Å²) in [5, 5.41) is 11.8. The number of para-hydroxylation sites is 1. The number of carboxylic acid groups (broad SMARTS) is 1. The van der Waals surface area contributed by atoms with Gasteiger partial charge in [-0.25, -0.2) is 4.79 Å². The maximum absolute atomic E-state index is 11.1.